The number of nitrogens with one attached hydrogen (secondary N) is 2. The van der Waals surface area contributed by atoms with Gasteiger partial charge in [0.15, 0.2) is 12.4 Å². The molecule has 1 aromatic rings. The van der Waals surface area contributed by atoms with E-state index in [0.29, 0.717) is 23.3 Å². The largest absolute Gasteiger partial charge is 0.456 e. The lowest BCUT2D eigenvalue weighted by atomic mass is 9.53. The fraction of sp³-hybridized carbons (Fsp3) is 0.600. The van der Waals surface area contributed by atoms with Crippen LogP contribution in [0.5, 0.6) is 0 Å². The fourth-order valence-electron chi connectivity index (χ4n) is 6.19. The summed E-state index contributed by atoms with van der Waals surface area (Å²) in [6, 6.07) is 4.91. The topological polar surface area (TPSA) is 102 Å². The molecule has 172 valence electrons. The van der Waals surface area contributed by atoms with Gasteiger partial charge in [0.1, 0.15) is 0 Å². The second kappa shape index (κ2) is 9.04. The average Bonchev–Trinajstić information content (AvgIpc) is 2.71. The third-order valence-corrected chi connectivity index (χ3v) is 7.42. The molecule has 0 spiro atoms. The molecule has 0 unspecified atom stereocenters. The van der Waals surface area contributed by atoms with Crippen LogP contribution in [0.4, 0.5) is 4.79 Å². The number of rotatable bonds is 7. The summed E-state index contributed by atoms with van der Waals surface area (Å²) in [6.07, 6.45) is 6.67. The molecule has 0 atom stereocenters. The van der Waals surface area contributed by atoms with E-state index in [1.54, 1.807) is 12.1 Å². The first kappa shape index (κ1) is 22.5. The van der Waals surface area contributed by atoms with Gasteiger partial charge in [0, 0.05) is 17.5 Å². The van der Waals surface area contributed by atoms with E-state index in [4.69, 9.17) is 4.74 Å². The van der Waals surface area contributed by atoms with Crippen molar-refractivity contribution in [1.82, 2.24) is 10.6 Å². The molecule has 1 aromatic carbocycles. The van der Waals surface area contributed by atoms with E-state index >= 15 is 0 Å². The molecule has 4 aliphatic carbocycles. The maximum atomic E-state index is 12.4. The maximum absolute atomic E-state index is 12.4. The van der Waals surface area contributed by atoms with Crippen molar-refractivity contribution in [3.63, 3.8) is 0 Å². The van der Waals surface area contributed by atoms with E-state index in [1.807, 2.05) is 19.9 Å². The molecule has 4 bridgehead atoms. The highest BCUT2D eigenvalue weighted by atomic mass is 16.5. The molecule has 4 aliphatic rings. The van der Waals surface area contributed by atoms with Gasteiger partial charge >= 0.3 is 12.0 Å². The van der Waals surface area contributed by atoms with Gasteiger partial charge in [-0.1, -0.05) is 12.1 Å². The van der Waals surface area contributed by atoms with E-state index in [-0.39, 0.29) is 24.2 Å². The van der Waals surface area contributed by atoms with E-state index in [1.165, 1.54) is 19.3 Å². The van der Waals surface area contributed by atoms with Crippen LogP contribution in [0.25, 0.3) is 0 Å². The molecule has 3 amide bonds. The number of urea groups is 1. The number of ketones is 1. The second-order valence-electron chi connectivity index (χ2n) is 10.1. The van der Waals surface area contributed by atoms with Crippen molar-refractivity contribution in [1.29, 1.82) is 0 Å². The van der Waals surface area contributed by atoms with Crippen LogP contribution < -0.4 is 10.6 Å². The number of benzene rings is 1. The Kier molecular flexibility index (Phi) is 6.35. The number of imide groups is 1. The molecule has 0 radical (unpaired) electrons. The molecule has 32 heavy (non-hydrogen) atoms. The SMILES string of the molecule is Cc1ccc(C(=O)CCC(=O)OCC(=O)NC(=O)NC23CC4CC(CC(C4)C2)C3)cc1C. The van der Waals surface area contributed by atoms with Crippen LogP contribution in [0.15, 0.2) is 18.2 Å². The zero-order valence-electron chi connectivity index (χ0n) is 18.9. The van der Waals surface area contributed by atoms with E-state index in [2.05, 4.69) is 10.6 Å². The third kappa shape index (κ3) is 5.19. The van der Waals surface area contributed by atoms with Crippen LogP contribution in [-0.4, -0.2) is 35.8 Å². The lowest BCUT2D eigenvalue weighted by Gasteiger charge is -2.56. The van der Waals surface area contributed by atoms with Gasteiger partial charge in [-0.3, -0.25) is 19.7 Å². The number of aryl methyl sites for hydroxylation is 2. The summed E-state index contributed by atoms with van der Waals surface area (Å²) in [7, 11) is 0. The minimum Gasteiger partial charge on any atom is -0.456 e. The normalized spacial score (nSPS) is 27.6. The summed E-state index contributed by atoms with van der Waals surface area (Å²) in [5.74, 6) is 0.601. The molecule has 0 aromatic heterocycles. The van der Waals surface area contributed by atoms with Crippen molar-refractivity contribution >= 4 is 23.7 Å². The Balaban J connectivity index is 1.17. The summed E-state index contributed by atoms with van der Waals surface area (Å²) < 4.78 is 4.94. The molecule has 4 fully saturated rings. The molecular formula is C25H32N2O5. The Morgan fingerprint density at radius 3 is 2.16 bits per heavy atom. The number of hydrogen-bond acceptors (Lipinski definition) is 5. The first-order valence-corrected chi connectivity index (χ1v) is 11.6. The Labute approximate surface area is 188 Å². The van der Waals surface area contributed by atoms with Crippen molar-refractivity contribution in [2.75, 3.05) is 6.61 Å². The van der Waals surface area contributed by atoms with E-state index in [9.17, 15) is 19.2 Å². The quantitative estimate of drug-likeness (QED) is 0.498. The number of Topliss-reactive ketones (excluding diaryl/α,β-unsaturated/α-hetero) is 1. The van der Waals surface area contributed by atoms with Crippen LogP contribution in [0.1, 0.15) is 72.9 Å². The summed E-state index contributed by atoms with van der Waals surface area (Å²) in [6.45, 7) is 3.36. The molecule has 0 heterocycles. The highest BCUT2D eigenvalue weighted by Crippen LogP contribution is 2.55. The highest BCUT2D eigenvalue weighted by Gasteiger charge is 2.51. The standard InChI is InChI=1S/C25H32N2O5/c1-15-3-4-20(7-16(15)2)21(28)5-6-23(30)32-14-22(29)26-24(31)27-25-11-17-8-18(12-25)10-19(9-17)13-25/h3-4,7,17-19H,5-6,8-14H2,1-2H3,(H2,26,27,29,31). The molecule has 7 heteroatoms. The average molecular weight is 441 g/mol. The monoisotopic (exact) mass is 440 g/mol. The molecule has 0 saturated heterocycles. The van der Waals surface area contributed by atoms with Gasteiger partial charge in [-0.15, -0.1) is 0 Å². The fourth-order valence-corrected chi connectivity index (χ4v) is 6.19. The number of ether oxygens (including phenoxy) is 1. The maximum Gasteiger partial charge on any atom is 0.321 e. The van der Waals surface area contributed by atoms with Gasteiger partial charge in [0.25, 0.3) is 5.91 Å². The Morgan fingerprint density at radius 2 is 1.56 bits per heavy atom. The van der Waals surface area contributed by atoms with E-state index in [0.717, 1.165) is 30.4 Å². The summed E-state index contributed by atoms with van der Waals surface area (Å²) in [5, 5.41) is 5.33. The zero-order chi connectivity index (χ0) is 22.9. The van der Waals surface area contributed by atoms with Gasteiger partial charge in [-0.05, 0) is 87.3 Å². The Bertz CT molecular complexity index is 903. The molecule has 2 N–H and O–H groups in total. The summed E-state index contributed by atoms with van der Waals surface area (Å²) in [5.41, 5.74) is 2.48. The van der Waals surface area contributed by atoms with Crippen molar-refractivity contribution < 1.29 is 23.9 Å². The number of carbonyl (C=O) groups excluding carboxylic acids is 4. The summed E-state index contributed by atoms with van der Waals surface area (Å²) in [4.78, 5) is 48.6. The van der Waals surface area contributed by atoms with Gasteiger partial charge in [-0.25, -0.2) is 4.79 Å². The van der Waals surface area contributed by atoms with Crippen LogP contribution >= 0.6 is 0 Å². The first-order valence-electron chi connectivity index (χ1n) is 11.6. The minimum atomic E-state index is -0.666. The number of hydrogen-bond donors (Lipinski definition) is 2. The Morgan fingerprint density at radius 1 is 0.938 bits per heavy atom. The van der Waals surface area contributed by atoms with E-state index < -0.39 is 24.5 Å². The van der Waals surface area contributed by atoms with Gasteiger partial charge < -0.3 is 10.1 Å². The van der Waals surface area contributed by atoms with Crippen molar-refractivity contribution in [2.24, 2.45) is 17.8 Å². The zero-order valence-corrected chi connectivity index (χ0v) is 18.9. The minimum absolute atomic E-state index is 0.00938. The van der Waals surface area contributed by atoms with Crippen molar-refractivity contribution in [2.45, 2.75) is 70.8 Å². The van der Waals surface area contributed by atoms with Gasteiger partial charge in [0.05, 0.1) is 6.42 Å². The van der Waals surface area contributed by atoms with Crippen LogP contribution in [0.2, 0.25) is 0 Å². The molecular weight excluding hydrogens is 408 g/mol. The molecule has 5 rings (SSSR count). The van der Waals surface area contributed by atoms with Gasteiger partial charge in [0.2, 0.25) is 0 Å². The molecule has 0 aliphatic heterocycles. The van der Waals surface area contributed by atoms with Crippen LogP contribution in [0.3, 0.4) is 0 Å². The molecule has 7 nitrogen and oxygen atoms in total. The van der Waals surface area contributed by atoms with Crippen molar-refractivity contribution in [3.8, 4) is 0 Å². The first-order chi connectivity index (χ1) is 15.2. The third-order valence-electron chi connectivity index (χ3n) is 7.42. The number of amides is 3. The van der Waals surface area contributed by atoms with Crippen molar-refractivity contribution in [3.05, 3.63) is 34.9 Å². The number of esters is 1. The lowest BCUT2D eigenvalue weighted by molar-refractivity contribution is -0.148. The second-order valence-corrected chi connectivity index (χ2v) is 10.1. The highest BCUT2D eigenvalue weighted by molar-refractivity contribution is 5.98. The smallest absolute Gasteiger partial charge is 0.321 e. The lowest BCUT2D eigenvalue weighted by Crippen LogP contribution is -2.62. The predicted molar refractivity (Wildman–Crippen MR) is 118 cm³/mol. The van der Waals surface area contributed by atoms with Crippen LogP contribution in [0, 0.1) is 31.6 Å². The Hall–Kier alpha value is -2.70. The van der Waals surface area contributed by atoms with Crippen LogP contribution in [-0.2, 0) is 14.3 Å². The molecule has 4 saturated carbocycles. The van der Waals surface area contributed by atoms with Gasteiger partial charge in [-0.2, -0.15) is 0 Å². The summed E-state index contributed by atoms with van der Waals surface area (Å²) >= 11 is 0. The predicted octanol–water partition coefficient (Wildman–Crippen LogP) is 3.60. The number of carbonyl (C=O) groups is 4.